The van der Waals surface area contributed by atoms with Gasteiger partial charge in [0.15, 0.2) is 0 Å². The quantitative estimate of drug-likeness (QED) is 0.835. The zero-order valence-electron chi connectivity index (χ0n) is 11.7. The number of carbonyl (C=O) groups excluding carboxylic acids is 1. The van der Waals surface area contributed by atoms with Crippen LogP contribution in [0.3, 0.4) is 0 Å². The second kappa shape index (κ2) is 5.75. The number of nitrogens with one attached hydrogen (secondary N) is 2. The molecular weight excluding hydrogens is 290 g/mol. The van der Waals surface area contributed by atoms with Crippen molar-refractivity contribution in [2.24, 2.45) is 0 Å². The molecule has 1 saturated heterocycles. The van der Waals surface area contributed by atoms with Gasteiger partial charge in [0.25, 0.3) is 10.2 Å². The predicted molar refractivity (Wildman–Crippen MR) is 78.6 cm³/mol. The van der Waals surface area contributed by atoms with Crippen molar-refractivity contribution in [2.45, 2.75) is 31.8 Å². The van der Waals surface area contributed by atoms with E-state index in [1.807, 2.05) is 24.3 Å². The van der Waals surface area contributed by atoms with Gasteiger partial charge in [-0.2, -0.15) is 17.4 Å². The van der Waals surface area contributed by atoms with E-state index in [2.05, 4.69) is 10.0 Å². The van der Waals surface area contributed by atoms with Gasteiger partial charge in [-0.1, -0.05) is 24.3 Å². The Morgan fingerprint density at radius 1 is 1.24 bits per heavy atom. The third-order valence-electron chi connectivity index (χ3n) is 4.01. The highest BCUT2D eigenvalue weighted by atomic mass is 32.2. The minimum Gasteiger partial charge on any atom is -0.355 e. The zero-order valence-corrected chi connectivity index (χ0v) is 12.5. The highest BCUT2D eigenvalue weighted by Crippen LogP contribution is 2.20. The minimum absolute atomic E-state index is 0.234. The molecule has 21 heavy (non-hydrogen) atoms. The number of fused-ring (bicyclic) bond motifs is 1. The lowest BCUT2D eigenvalue weighted by Crippen LogP contribution is -2.54. The Labute approximate surface area is 124 Å². The molecule has 0 spiro atoms. The summed E-state index contributed by atoms with van der Waals surface area (Å²) in [4.78, 5) is 11.7. The van der Waals surface area contributed by atoms with Gasteiger partial charge in [-0.05, 0) is 30.4 Å². The molecule has 2 aliphatic rings. The predicted octanol–water partition coefficient (Wildman–Crippen LogP) is 0.158. The molecule has 0 aliphatic carbocycles. The maximum absolute atomic E-state index is 12.4. The van der Waals surface area contributed by atoms with Gasteiger partial charge in [-0.25, -0.2) is 0 Å². The first kappa shape index (κ1) is 14.5. The van der Waals surface area contributed by atoms with Gasteiger partial charge in [0, 0.05) is 19.6 Å². The summed E-state index contributed by atoms with van der Waals surface area (Å²) in [6, 6.07) is 7.21. The van der Waals surface area contributed by atoms with Crippen molar-refractivity contribution in [1.82, 2.24) is 14.3 Å². The van der Waals surface area contributed by atoms with Crippen LogP contribution in [0.15, 0.2) is 24.3 Å². The highest BCUT2D eigenvalue weighted by Gasteiger charge is 2.32. The van der Waals surface area contributed by atoms with E-state index in [-0.39, 0.29) is 5.91 Å². The highest BCUT2D eigenvalue weighted by molar-refractivity contribution is 7.87. The molecule has 3 rings (SSSR count). The molecule has 0 saturated carbocycles. The van der Waals surface area contributed by atoms with Crippen molar-refractivity contribution in [3.63, 3.8) is 0 Å². The Balaban J connectivity index is 1.72. The van der Waals surface area contributed by atoms with E-state index < -0.39 is 16.3 Å². The third-order valence-corrected chi connectivity index (χ3v) is 5.59. The Morgan fingerprint density at radius 2 is 2.00 bits per heavy atom. The summed E-state index contributed by atoms with van der Waals surface area (Å²) in [5, 5.41) is 2.69. The van der Waals surface area contributed by atoms with Crippen molar-refractivity contribution in [1.29, 1.82) is 0 Å². The van der Waals surface area contributed by atoms with Crippen LogP contribution in [0.25, 0.3) is 0 Å². The van der Waals surface area contributed by atoms with Crippen LogP contribution < -0.4 is 10.0 Å². The molecule has 2 heterocycles. The third kappa shape index (κ3) is 3.09. The van der Waals surface area contributed by atoms with Crippen LogP contribution in [0.1, 0.15) is 24.0 Å². The summed E-state index contributed by atoms with van der Waals surface area (Å²) in [7, 11) is -3.64. The van der Waals surface area contributed by atoms with Crippen LogP contribution in [-0.2, 0) is 28.0 Å². The second-order valence-electron chi connectivity index (χ2n) is 5.46. The molecule has 2 N–H and O–H groups in total. The second-order valence-corrected chi connectivity index (χ2v) is 7.16. The maximum atomic E-state index is 12.4. The van der Waals surface area contributed by atoms with Gasteiger partial charge in [0.05, 0.1) is 0 Å². The molecule has 6 nitrogen and oxygen atoms in total. The van der Waals surface area contributed by atoms with Crippen molar-refractivity contribution in [3.8, 4) is 0 Å². The Kier molecular flexibility index (Phi) is 3.97. The first-order chi connectivity index (χ1) is 10.1. The summed E-state index contributed by atoms with van der Waals surface area (Å²) < 4.78 is 28.8. The van der Waals surface area contributed by atoms with Crippen molar-refractivity contribution in [3.05, 3.63) is 35.4 Å². The molecule has 7 heteroatoms. The largest absolute Gasteiger partial charge is 0.355 e. The molecule has 1 aromatic rings. The molecule has 0 radical (unpaired) electrons. The van der Waals surface area contributed by atoms with Crippen LogP contribution >= 0.6 is 0 Å². The fourth-order valence-electron chi connectivity index (χ4n) is 2.81. The van der Waals surface area contributed by atoms with Gasteiger partial charge >= 0.3 is 0 Å². The lowest BCUT2D eigenvalue weighted by Gasteiger charge is -2.30. The number of amides is 1. The lowest BCUT2D eigenvalue weighted by molar-refractivity contribution is -0.124. The standard InChI is InChI=1S/C14H19N3O3S/c18-14-13(6-3-8-15-14)16-21(19,20)17-9-7-11-4-1-2-5-12(11)10-17/h1-2,4-5,13,16H,3,6-10H2,(H,15,18)/t13-/m1/s1. The number of carbonyl (C=O) groups is 1. The lowest BCUT2D eigenvalue weighted by atomic mass is 10.0. The van der Waals surface area contributed by atoms with E-state index in [0.29, 0.717) is 32.5 Å². The van der Waals surface area contributed by atoms with Gasteiger partial charge in [-0.15, -0.1) is 0 Å². The molecule has 2 aliphatic heterocycles. The Morgan fingerprint density at radius 3 is 2.76 bits per heavy atom. The average molecular weight is 309 g/mol. The van der Waals surface area contributed by atoms with Gasteiger partial charge in [0.1, 0.15) is 6.04 Å². The number of hydrogen-bond donors (Lipinski definition) is 2. The monoisotopic (exact) mass is 309 g/mol. The van der Waals surface area contributed by atoms with Gasteiger partial charge in [0.2, 0.25) is 5.91 Å². The van der Waals surface area contributed by atoms with E-state index in [9.17, 15) is 13.2 Å². The first-order valence-electron chi connectivity index (χ1n) is 7.18. The summed E-state index contributed by atoms with van der Waals surface area (Å²) in [5.74, 6) is -0.234. The Bertz CT molecular complexity index is 645. The van der Waals surface area contributed by atoms with Crippen LogP contribution in [-0.4, -0.2) is 37.8 Å². The fourth-order valence-corrected chi connectivity index (χ4v) is 4.19. The SMILES string of the molecule is O=C1NCCC[C@H]1NS(=O)(=O)N1CCc2ccccc2C1. The summed E-state index contributed by atoms with van der Waals surface area (Å²) >= 11 is 0. The molecule has 0 aromatic heterocycles. The normalized spacial score (nSPS) is 23.4. The zero-order chi connectivity index (χ0) is 14.9. The number of benzene rings is 1. The topological polar surface area (TPSA) is 78.5 Å². The smallest absolute Gasteiger partial charge is 0.280 e. The maximum Gasteiger partial charge on any atom is 0.280 e. The average Bonchev–Trinajstić information content (AvgIpc) is 2.49. The first-order valence-corrected chi connectivity index (χ1v) is 8.62. The molecule has 1 aromatic carbocycles. The van der Waals surface area contributed by atoms with Crippen LogP contribution in [0, 0.1) is 0 Å². The van der Waals surface area contributed by atoms with Crippen LogP contribution in [0.5, 0.6) is 0 Å². The molecule has 114 valence electrons. The van der Waals surface area contributed by atoms with E-state index in [1.54, 1.807) is 0 Å². The number of hydrogen-bond acceptors (Lipinski definition) is 3. The van der Waals surface area contributed by atoms with E-state index >= 15 is 0 Å². The van der Waals surface area contributed by atoms with Crippen molar-refractivity contribution in [2.75, 3.05) is 13.1 Å². The number of nitrogens with zero attached hydrogens (tertiary/aromatic N) is 1. The van der Waals surface area contributed by atoms with Crippen molar-refractivity contribution < 1.29 is 13.2 Å². The van der Waals surface area contributed by atoms with Crippen molar-refractivity contribution >= 4 is 16.1 Å². The summed E-state index contributed by atoms with van der Waals surface area (Å²) in [6.45, 7) is 1.43. The van der Waals surface area contributed by atoms with E-state index in [0.717, 1.165) is 12.0 Å². The Hall–Kier alpha value is -1.44. The van der Waals surface area contributed by atoms with Crippen LogP contribution in [0.2, 0.25) is 0 Å². The number of piperidine rings is 1. The summed E-state index contributed by atoms with van der Waals surface area (Å²) in [5.41, 5.74) is 2.22. The van der Waals surface area contributed by atoms with Crippen LogP contribution in [0.4, 0.5) is 0 Å². The molecule has 0 unspecified atom stereocenters. The fraction of sp³-hybridized carbons (Fsp3) is 0.500. The van der Waals surface area contributed by atoms with Gasteiger partial charge < -0.3 is 5.32 Å². The summed E-state index contributed by atoms with van der Waals surface area (Å²) in [6.07, 6.45) is 2.05. The van der Waals surface area contributed by atoms with E-state index in [4.69, 9.17) is 0 Å². The minimum atomic E-state index is -3.64. The van der Waals surface area contributed by atoms with E-state index in [1.165, 1.54) is 9.87 Å². The van der Waals surface area contributed by atoms with Gasteiger partial charge in [-0.3, -0.25) is 4.79 Å². The molecule has 0 bridgehead atoms. The molecule has 1 fully saturated rings. The molecular formula is C14H19N3O3S. The molecule has 1 amide bonds. The number of rotatable bonds is 3. The molecule has 1 atom stereocenters.